The van der Waals surface area contributed by atoms with Crippen LogP contribution < -0.4 is 14.2 Å². The van der Waals surface area contributed by atoms with E-state index in [1.165, 1.54) is 6.07 Å². The van der Waals surface area contributed by atoms with Gasteiger partial charge in [0.2, 0.25) is 6.79 Å². The molecule has 1 N–H and O–H groups in total. The fourth-order valence-electron chi connectivity index (χ4n) is 2.15. The summed E-state index contributed by atoms with van der Waals surface area (Å²) in [5, 5.41) is 9.76. The number of aliphatic hydroxyl groups excluding tert-OH is 1. The van der Waals surface area contributed by atoms with Crippen LogP contribution >= 0.6 is 0 Å². The first kappa shape index (κ1) is 13.7. The average molecular weight is 290 g/mol. The highest BCUT2D eigenvalue weighted by molar-refractivity contribution is 5.49. The van der Waals surface area contributed by atoms with Crippen LogP contribution in [0.2, 0.25) is 0 Å². The van der Waals surface area contributed by atoms with Crippen molar-refractivity contribution in [2.45, 2.75) is 20.0 Å². The molecule has 3 rings (SSSR count). The van der Waals surface area contributed by atoms with Crippen LogP contribution in [0, 0.1) is 12.7 Å². The van der Waals surface area contributed by atoms with Crippen LogP contribution in [0.4, 0.5) is 4.39 Å². The van der Waals surface area contributed by atoms with Crippen molar-refractivity contribution >= 4 is 0 Å². The summed E-state index contributed by atoms with van der Waals surface area (Å²) < 4.78 is 29.9. The van der Waals surface area contributed by atoms with Gasteiger partial charge in [-0.1, -0.05) is 0 Å². The number of halogens is 1. The maximum atomic E-state index is 13.6. The molecule has 0 saturated heterocycles. The lowest BCUT2D eigenvalue weighted by Crippen LogP contribution is -1.99. The molecule has 0 amide bonds. The molecule has 1 heterocycles. The maximum Gasteiger partial charge on any atom is 0.231 e. The van der Waals surface area contributed by atoms with Gasteiger partial charge in [-0.15, -0.1) is 0 Å². The molecule has 110 valence electrons. The van der Waals surface area contributed by atoms with E-state index in [0.29, 0.717) is 34.1 Å². The fraction of sp³-hybridized carbons (Fsp3) is 0.250. The zero-order valence-corrected chi connectivity index (χ0v) is 11.7. The molecular weight excluding hydrogens is 275 g/mol. The topological polar surface area (TPSA) is 47.9 Å². The summed E-state index contributed by atoms with van der Waals surface area (Å²) in [7, 11) is 0. The minimum absolute atomic E-state index is 0.188. The van der Waals surface area contributed by atoms with Gasteiger partial charge in [-0.25, -0.2) is 4.39 Å². The third-order valence-corrected chi connectivity index (χ3v) is 3.31. The molecule has 21 heavy (non-hydrogen) atoms. The third kappa shape index (κ3) is 2.64. The Morgan fingerprint density at radius 3 is 2.71 bits per heavy atom. The van der Waals surface area contributed by atoms with Gasteiger partial charge in [0.05, 0.1) is 6.10 Å². The highest BCUT2D eigenvalue weighted by Gasteiger charge is 2.17. The predicted octanol–water partition coefficient (Wildman–Crippen LogP) is 3.71. The number of rotatable bonds is 3. The zero-order chi connectivity index (χ0) is 15.0. The van der Waals surface area contributed by atoms with Crippen molar-refractivity contribution in [3.8, 4) is 23.0 Å². The van der Waals surface area contributed by atoms with Crippen LogP contribution in [-0.4, -0.2) is 11.9 Å². The van der Waals surface area contributed by atoms with E-state index in [1.807, 2.05) is 0 Å². The number of aryl methyl sites for hydroxylation is 1. The number of hydrogen-bond acceptors (Lipinski definition) is 4. The van der Waals surface area contributed by atoms with E-state index >= 15 is 0 Å². The van der Waals surface area contributed by atoms with E-state index in [-0.39, 0.29) is 12.6 Å². The molecule has 2 aromatic carbocycles. The summed E-state index contributed by atoms with van der Waals surface area (Å²) in [5.74, 6) is 1.84. The molecule has 0 spiro atoms. The van der Waals surface area contributed by atoms with Crippen molar-refractivity contribution in [2.75, 3.05) is 6.79 Å². The first-order valence-corrected chi connectivity index (χ1v) is 6.60. The van der Waals surface area contributed by atoms with Crippen molar-refractivity contribution in [2.24, 2.45) is 0 Å². The Morgan fingerprint density at radius 2 is 1.95 bits per heavy atom. The average Bonchev–Trinajstić information content (AvgIpc) is 2.89. The van der Waals surface area contributed by atoms with Gasteiger partial charge in [0, 0.05) is 11.6 Å². The van der Waals surface area contributed by atoms with Crippen LogP contribution in [-0.2, 0) is 0 Å². The second-order valence-corrected chi connectivity index (χ2v) is 4.93. The Morgan fingerprint density at radius 1 is 1.19 bits per heavy atom. The van der Waals surface area contributed by atoms with Gasteiger partial charge in [-0.3, -0.25) is 0 Å². The van der Waals surface area contributed by atoms with Gasteiger partial charge >= 0.3 is 0 Å². The number of aliphatic hydroxyl groups is 1. The maximum absolute atomic E-state index is 13.6. The lowest BCUT2D eigenvalue weighted by molar-refractivity contribution is 0.174. The zero-order valence-electron chi connectivity index (χ0n) is 11.7. The van der Waals surface area contributed by atoms with Crippen LogP contribution in [0.15, 0.2) is 30.3 Å². The Hall–Kier alpha value is -2.27. The molecule has 1 aliphatic rings. The second-order valence-electron chi connectivity index (χ2n) is 4.93. The van der Waals surface area contributed by atoms with Crippen molar-refractivity contribution in [3.05, 3.63) is 47.3 Å². The van der Waals surface area contributed by atoms with Crippen molar-refractivity contribution in [3.63, 3.8) is 0 Å². The molecule has 1 atom stereocenters. The van der Waals surface area contributed by atoms with Crippen LogP contribution in [0.3, 0.4) is 0 Å². The minimum Gasteiger partial charge on any atom is -0.457 e. The molecule has 0 aromatic heterocycles. The van der Waals surface area contributed by atoms with E-state index in [4.69, 9.17) is 14.2 Å². The minimum atomic E-state index is -0.830. The van der Waals surface area contributed by atoms with Crippen molar-refractivity contribution in [1.29, 1.82) is 0 Å². The van der Waals surface area contributed by atoms with Gasteiger partial charge in [0.25, 0.3) is 0 Å². The summed E-state index contributed by atoms with van der Waals surface area (Å²) in [4.78, 5) is 0. The Kier molecular flexibility index (Phi) is 3.43. The van der Waals surface area contributed by atoms with E-state index in [1.54, 1.807) is 38.1 Å². The molecule has 0 aliphatic carbocycles. The molecule has 4 nitrogen and oxygen atoms in total. The molecule has 0 saturated carbocycles. The Labute approximate surface area is 121 Å². The SMILES string of the molecule is Cc1cc(Oc2ccc3c(c2)OCO3)c([C@H](C)O)cc1F. The summed E-state index contributed by atoms with van der Waals surface area (Å²) in [5.41, 5.74) is 0.853. The molecular formula is C16H15FO4. The van der Waals surface area contributed by atoms with Crippen LogP contribution in [0.1, 0.15) is 24.2 Å². The standard InChI is InChI=1S/C16H15FO4/c1-9-5-15(12(10(2)18)7-13(9)17)21-11-3-4-14-16(6-11)20-8-19-14/h3-7,10,18H,8H2,1-2H3/t10-/m0/s1. The largest absolute Gasteiger partial charge is 0.457 e. The fourth-order valence-corrected chi connectivity index (χ4v) is 2.15. The first-order valence-electron chi connectivity index (χ1n) is 6.60. The van der Waals surface area contributed by atoms with Gasteiger partial charge in [0.1, 0.15) is 17.3 Å². The quantitative estimate of drug-likeness (QED) is 0.936. The monoisotopic (exact) mass is 290 g/mol. The molecule has 0 fully saturated rings. The lowest BCUT2D eigenvalue weighted by atomic mass is 10.1. The lowest BCUT2D eigenvalue weighted by Gasteiger charge is -2.15. The third-order valence-electron chi connectivity index (χ3n) is 3.31. The summed E-state index contributed by atoms with van der Waals surface area (Å²) in [6, 6.07) is 8.05. The van der Waals surface area contributed by atoms with Gasteiger partial charge in [-0.2, -0.15) is 0 Å². The van der Waals surface area contributed by atoms with E-state index in [0.717, 1.165) is 0 Å². The van der Waals surface area contributed by atoms with E-state index in [9.17, 15) is 9.50 Å². The Balaban J connectivity index is 1.95. The van der Waals surface area contributed by atoms with Gasteiger partial charge in [0.15, 0.2) is 11.5 Å². The summed E-state index contributed by atoms with van der Waals surface area (Å²) in [6.07, 6.45) is -0.830. The Bertz CT molecular complexity index is 682. The van der Waals surface area contributed by atoms with E-state index in [2.05, 4.69) is 0 Å². The summed E-state index contributed by atoms with van der Waals surface area (Å²) >= 11 is 0. The highest BCUT2D eigenvalue weighted by Crippen LogP contribution is 2.38. The van der Waals surface area contributed by atoms with E-state index < -0.39 is 6.10 Å². The van der Waals surface area contributed by atoms with Crippen molar-refractivity contribution < 1.29 is 23.7 Å². The predicted molar refractivity (Wildman–Crippen MR) is 74.4 cm³/mol. The molecule has 0 unspecified atom stereocenters. The number of ether oxygens (including phenoxy) is 3. The normalized spacial score (nSPS) is 14.1. The smallest absolute Gasteiger partial charge is 0.231 e. The number of benzene rings is 2. The number of hydrogen-bond donors (Lipinski definition) is 1. The highest BCUT2D eigenvalue weighted by atomic mass is 19.1. The summed E-state index contributed by atoms with van der Waals surface area (Å²) in [6.45, 7) is 3.40. The van der Waals surface area contributed by atoms with Crippen LogP contribution in [0.5, 0.6) is 23.0 Å². The van der Waals surface area contributed by atoms with Gasteiger partial charge in [-0.05, 0) is 43.7 Å². The molecule has 5 heteroatoms. The van der Waals surface area contributed by atoms with Gasteiger partial charge < -0.3 is 19.3 Å². The molecule has 2 aromatic rings. The number of fused-ring (bicyclic) bond motifs is 1. The van der Waals surface area contributed by atoms with Crippen LogP contribution in [0.25, 0.3) is 0 Å². The molecule has 0 bridgehead atoms. The molecule has 1 aliphatic heterocycles. The second kappa shape index (κ2) is 5.26. The van der Waals surface area contributed by atoms with Crippen molar-refractivity contribution in [1.82, 2.24) is 0 Å². The molecule has 0 radical (unpaired) electrons. The first-order chi connectivity index (χ1) is 10.0.